The normalized spacial score (nSPS) is 12.4. The van der Waals surface area contributed by atoms with Crippen LogP contribution in [0, 0.1) is 5.82 Å². The Hall–Kier alpha value is -1.74. The lowest BCUT2D eigenvalue weighted by Crippen LogP contribution is -2.23. The third-order valence-electron chi connectivity index (χ3n) is 3.24. The predicted molar refractivity (Wildman–Crippen MR) is 75.5 cm³/mol. The fourth-order valence-electron chi connectivity index (χ4n) is 2.28. The highest BCUT2D eigenvalue weighted by Gasteiger charge is 2.15. The quantitative estimate of drug-likeness (QED) is 0.888. The SMILES string of the molecule is CCNC(c1ccc(F)cc1)c1ccncc1CC. The van der Waals surface area contributed by atoms with E-state index in [-0.39, 0.29) is 11.9 Å². The Kier molecular flexibility index (Phi) is 4.63. The zero-order chi connectivity index (χ0) is 13.7. The molecule has 1 aromatic carbocycles. The summed E-state index contributed by atoms with van der Waals surface area (Å²) in [5.41, 5.74) is 3.51. The van der Waals surface area contributed by atoms with Gasteiger partial charge >= 0.3 is 0 Å². The summed E-state index contributed by atoms with van der Waals surface area (Å²) in [6.45, 7) is 5.05. The maximum Gasteiger partial charge on any atom is 0.123 e. The highest BCUT2D eigenvalue weighted by atomic mass is 19.1. The van der Waals surface area contributed by atoms with Crippen LogP contribution in [-0.4, -0.2) is 11.5 Å². The first-order valence-corrected chi connectivity index (χ1v) is 6.67. The number of halogens is 1. The van der Waals surface area contributed by atoms with E-state index in [2.05, 4.69) is 24.1 Å². The van der Waals surface area contributed by atoms with Crippen molar-refractivity contribution < 1.29 is 4.39 Å². The van der Waals surface area contributed by atoms with Crippen LogP contribution in [0.5, 0.6) is 0 Å². The molecule has 0 amide bonds. The van der Waals surface area contributed by atoms with Crippen LogP contribution >= 0.6 is 0 Å². The van der Waals surface area contributed by atoms with E-state index in [4.69, 9.17) is 0 Å². The molecule has 3 heteroatoms. The molecule has 1 unspecified atom stereocenters. The maximum absolute atomic E-state index is 13.1. The van der Waals surface area contributed by atoms with Crippen molar-refractivity contribution in [2.75, 3.05) is 6.54 Å². The van der Waals surface area contributed by atoms with Crippen molar-refractivity contribution in [3.63, 3.8) is 0 Å². The summed E-state index contributed by atoms with van der Waals surface area (Å²) in [6.07, 6.45) is 4.65. The van der Waals surface area contributed by atoms with E-state index < -0.39 is 0 Å². The second-order valence-electron chi connectivity index (χ2n) is 4.47. The molecule has 0 spiro atoms. The number of hydrogen-bond donors (Lipinski definition) is 1. The van der Waals surface area contributed by atoms with Gasteiger partial charge in [0, 0.05) is 12.4 Å². The van der Waals surface area contributed by atoms with Gasteiger partial charge in [-0.05, 0) is 47.9 Å². The number of pyridine rings is 1. The van der Waals surface area contributed by atoms with Gasteiger partial charge in [-0.1, -0.05) is 26.0 Å². The first-order valence-electron chi connectivity index (χ1n) is 6.67. The van der Waals surface area contributed by atoms with Crippen molar-refractivity contribution in [2.24, 2.45) is 0 Å². The molecule has 0 radical (unpaired) electrons. The molecule has 1 atom stereocenters. The van der Waals surface area contributed by atoms with E-state index in [9.17, 15) is 4.39 Å². The Bertz CT molecular complexity index is 523. The van der Waals surface area contributed by atoms with Crippen molar-refractivity contribution in [3.8, 4) is 0 Å². The first-order chi connectivity index (χ1) is 9.26. The lowest BCUT2D eigenvalue weighted by molar-refractivity contribution is 0.610. The second kappa shape index (κ2) is 6.43. The molecule has 1 N–H and O–H groups in total. The van der Waals surface area contributed by atoms with Crippen molar-refractivity contribution in [2.45, 2.75) is 26.3 Å². The van der Waals surface area contributed by atoms with E-state index in [0.29, 0.717) is 0 Å². The van der Waals surface area contributed by atoms with Gasteiger partial charge in [-0.2, -0.15) is 0 Å². The Morgan fingerprint density at radius 3 is 2.53 bits per heavy atom. The van der Waals surface area contributed by atoms with E-state index in [1.807, 2.05) is 30.6 Å². The Morgan fingerprint density at radius 2 is 1.89 bits per heavy atom. The molecule has 0 saturated heterocycles. The summed E-state index contributed by atoms with van der Waals surface area (Å²) in [7, 11) is 0. The average Bonchev–Trinajstić information content (AvgIpc) is 2.46. The van der Waals surface area contributed by atoms with Gasteiger partial charge in [0.2, 0.25) is 0 Å². The number of rotatable bonds is 5. The van der Waals surface area contributed by atoms with Crippen LogP contribution in [0.2, 0.25) is 0 Å². The van der Waals surface area contributed by atoms with Crippen LogP contribution < -0.4 is 5.32 Å². The van der Waals surface area contributed by atoms with Gasteiger partial charge in [-0.15, -0.1) is 0 Å². The van der Waals surface area contributed by atoms with Gasteiger partial charge in [0.25, 0.3) is 0 Å². The van der Waals surface area contributed by atoms with Gasteiger partial charge in [0.15, 0.2) is 0 Å². The molecule has 2 aromatic rings. The van der Waals surface area contributed by atoms with Gasteiger partial charge < -0.3 is 5.32 Å². The number of nitrogens with one attached hydrogen (secondary N) is 1. The molecule has 0 aliphatic rings. The largest absolute Gasteiger partial charge is 0.307 e. The van der Waals surface area contributed by atoms with Gasteiger partial charge in [0.1, 0.15) is 5.82 Å². The fraction of sp³-hybridized carbons (Fsp3) is 0.312. The molecule has 1 heterocycles. The van der Waals surface area contributed by atoms with Crippen LogP contribution in [0.3, 0.4) is 0 Å². The van der Waals surface area contributed by atoms with Crippen molar-refractivity contribution >= 4 is 0 Å². The van der Waals surface area contributed by atoms with Crippen LogP contribution in [-0.2, 0) is 6.42 Å². The van der Waals surface area contributed by atoms with Gasteiger partial charge in [-0.3, -0.25) is 4.98 Å². The smallest absolute Gasteiger partial charge is 0.123 e. The summed E-state index contributed by atoms with van der Waals surface area (Å²) in [4.78, 5) is 4.18. The van der Waals surface area contributed by atoms with Gasteiger partial charge in [-0.25, -0.2) is 4.39 Å². The van der Waals surface area contributed by atoms with Crippen molar-refractivity contribution in [1.29, 1.82) is 0 Å². The summed E-state index contributed by atoms with van der Waals surface area (Å²) in [5, 5.41) is 3.46. The van der Waals surface area contributed by atoms with Crippen LogP contribution in [0.15, 0.2) is 42.7 Å². The maximum atomic E-state index is 13.1. The van der Waals surface area contributed by atoms with E-state index >= 15 is 0 Å². The molecule has 0 aliphatic heterocycles. The topological polar surface area (TPSA) is 24.9 Å². The predicted octanol–water partition coefficient (Wildman–Crippen LogP) is 3.48. The molecule has 2 rings (SSSR count). The van der Waals surface area contributed by atoms with Crippen molar-refractivity contribution in [1.82, 2.24) is 10.3 Å². The molecule has 19 heavy (non-hydrogen) atoms. The molecule has 0 bridgehead atoms. The van der Waals surface area contributed by atoms with Crippen LogP contribution in [0.1, 0.15) is 36.6 Å². The highest BCUT2D eigenvalue weighted by molar-refractivity contribution is 5.35. The number of nitrogens with zero attached hydrogens (tertiary/aromatic N) is 1. The highest BCUT2D eigenvalue weighted by Crippen LogP contribution is 2.25. The third kappa shape index (κ3) is 3.18. The molecule has 1 aromatic heterocycles. The first kappa shape index (κ1) is 13.7. The standard InChI is InChI=1S/C16H19FN2/c1-3-12-11-18-10-9-15(12)16(19-4-2)13-5-7-14(17)8-6-13/h5-11,16,19H,3-4H2,1-2H3. The number of hydrogen-bond acceptors (Lipinski definition) is 2. The summed E-state index contributed by atoms with van der Waals surface area (Å²) < 4.78 is 13.1. The summed E-state index contributed by atoms with van der Waals surface area (Å²) in [5.74, 6) is -0.204. The number of aryl methyl sites for hydroxylation is 1. The van der Waals surface area contributed by atoms with Crippen molar-refractivity contribution in [3.05, 3.63) is 65.2 Å². The molecular formula is C16H19FN2. The van der Waals surface area contributed by atoms with E-state index in [1.54, 1.807) is 0 Å². The van der Waals surface area contributed by atoms with Crippen LogP contribution in [0.4, 0.5) is 4.39 Å². The van der Waals surface area contributed by atoms with E-state index in [0.717, 1.165) is 18.5 Å². The minimum Gasteiger partial charge on any atom is -0.307 e. The molecule has 0 aliphatic carbocycles. The Labute approximate surface area is 113 Å². The number of benzene rings is 1. The lowest BCUT2D eigenvalue weighted by atomic mass is 9.94. The molecule has 0 saturated carbocycles. The number of aromatic nitrogens is 1. The molecule has 0 fully saturated rings. The minimum absolute atomic E-state index is 0.0866. The zero-order valence-corrected chi connectivity index (χ0v) is 11.4. The van der Waals surface area contributed by atoms with Crippen LogP contribution in [0.25, 0.3) is 0 Å². The Morgan fingerprint density at radius 1 is 1.16 bits per heavy atom. The zero-order valence-electron chi connectivity index (χ0n) is 11.4. The lowest BCUT2D eigenvalue weighted by Gasteiger charge is -2.21. The minimum atomic E-state index is -0.204. The molecule has 100 valence electrons. The fourth-order valence-corrected chi connectivity index (χ4v) is 2.28. The monoisotopic (exact) mass is 258 g/mol. The molecular weight excluding hydrogens is 239 g/mol. The Balaban J connectivity index is 2.42. The third-order valence-corrected chi connectivity index (χ3v) is 3.24. The molecule has 2 nitrogen and oxygen atoms in total. The second-order valence-corrected chi connectivity index (χ2v) is 4.47. The average molecular weight is 258 g/mol. The van der Waals surface area contributed by atoms with Gasteiger partial charge in [0.05, 0.1) is 6.04 Å². The van der Waals surface area contributed by atoms with E-state index in [1.165, 1.54) is 23.3 Å². The summed E-state index contributed by atoms with van der Waals surface area (Å²) >= 11 is 0. The summed E-state index contributed by atoms with van der Waals surface area (Å²) in [6, 6.07) is 8.81.